The topological polar surface area (TPSA) is 26.0 Å². The van der Waals surface area contributed by atoms with Crippen LogP contribution in [0.2, 0.25) is 0 Å². The predicted octanol–water partition coefficient (Wildman–Crippen LogP) is 3.22. The van der Waals surface area contributed by atoms with Crippen LogP contribution >= 0.6 is 0 Å². The van der Waals surface area contributed by atoms with Crippen molar-refractivity contribution in [2.75, 3.05) is 0 Å². The second kappa shape index (κ2) is 3.89. The van der Waals surface area contributed by atoms with Crippen LogP contribution in [-0.2, 0) is 12.8 Å². The first-order valence-corrected chi connectivity index (χ1v) is 6.63. The zero-order valence-electron chi connectivity index (χ0n) is 10.1. The Morgan fingerprint density at radius 3 is 2.69 bits per heavy atom. The molecule has 3 rings (SSSR count). The van der Waals surface area contributed by atoms with Crippen molar-refractivity contribution in [1.82, 2.24) is 0 Å². The van der Waals surface area contributed by atoms with Gasteiger partial charge >= 0.3 is 0 Å². The lowest BCUT2D eigenvalue weighted by molar-refractivity contribution is 0.417. The minimum absolute atomic E-state index is 0.249. The molecule has 2 atom stereocenters. The van der Waals surface area contributed by atoms with Gasteiger partial charge in [0.1, 0.15) is 0 Å². The van der Waals surface area contributed by atoms with E-state index in [1.807, 2.05) is 0 Å². The highest BCUT2D eigenvalue weighted by molar-refractivity contribution is 5.36. The normalized spacial score (nSPS) is 22.9. The van der Waals surface area contributed by atoms with E-state index in [0.717, 1.165) is 5.92 Å². The zero-order chi connectivity index (χ0) is 11.1. The van der Waals surface area contributed by atoms with Crippen LogP contribution in [0, 0.1) is 11.8 Å². The minimum atomic E-state index is 0.249. The molecule has 0 radical (unpaired) electrons. The maximum atomic E-state index is 6.37. The third kappa shape index (κ3) is 1.78. The van der Waals surface area contributed by atoms with Gasteiger partial charge in [-0.25, -0.2) is 0 Å². The van der Waals surface area contributed by atoms with Crippen LogP contribution in [0.15, 0.2) is 18.2 Å². The molecule has 2 N–H and O–H groups in total. The van der Waals surface area contributed by atoms with Gasteiger partial charge in [0.25, 0.3) is 0 Å². The Morgan fingerprint density at radius 2 is 1.94 bits per heavy atom. The lowest BCUT2D eigenvalue weighted by atomic mass is 9.90. The molecule has 1 aromatic rings. The molecular formula is C15H21N. The summed E-state index contributed by atoms with van der Waals surface area (Å²) in [5.41, 5.74) is 10.8. The fraction of sp³-hybridized carbons (Fsp3) is 0.600. The molecule has 1 fully saturated rings. The highest BCUT2D eigenvalue weighted by atomic mass is 14.7. The summed E-state index contributed by atoms with van der Waals surface area (Å²) in [5.74, 6) is 1.54. The van der Waals surface area contributed by atoms with Gasteiger partial charge < -0.3 is 5.73 Å². The van der Waals surface area contributed by atoms with Crippen LogP contribution in [0.25, 0.3) is 0 Å². The molecule has 1 aromatic carbocycles. The molecule has 2 aliphatic rings. The first kappa shape index (κ1) is 10.3. The average molecular weight is 215 g/mol. The smallest absolute Gasteiger partial charge is 0.0323 e. The number of hydrogen-bond donors (Lipinski definition) is 1. The van der Waals surface area contributed by atoms with E-state index in [4.69, 9.17) is 5.73 Å². The Bertz CT molecular complexity index is 392. The highest BCUT2D eigenvalue weighted by Crippen LogP contribution is 2.42. The van der Waals surface area contributed by atoms with Gasteiger partial charge in [-0.05, 0) is 60.6 Å². The highest BCUT2D eigenvalue weighted by Gasteiger charge is 2.32. The van der Waals surface area contributed by atoms with Crippen molar-refractivity contribution >= 4 is 0 Å². The number of aryl methyl sites for hydroxylation is 2. The maximum absolute atomic E-state index is 6.37. The second-order valence-electron chi connectivity index (χ2n) is 5.60. The molecule has 86 valence electrons. The van der Waals surface area contributed by atoms with Gasteiger partial charge in [-0.3, -0.25) is 0 Å². The molecule has 1 heteroatoms. The molecule has 2 unspecified atom stereocenters. The van der Waals surface area contributed by atoms with Gasteiger partial charge in [0, 0.05) is 6.04 Å². The molecule has 0 heterocycles. The van der Waals surface area contributed by atoms with Crippen molar-refractivity contribution in [3.63, 3.8) is 0 Å². The molecule has 1 nitrogen and oxygen atoms in total. The zero-order valence-corrected chi connectivity index (χ0v) is 10.1. The minimum Gasteiger partial charge on any atom is -0.324 e. The molecule has 0 spiro atoms. The van der Waals surface area contributed by atoms with E-state index in [1.54, 1.807) is 11.1 Å². The summed E-state index contributed by atoms with van der Waals surface area (Å²) in [6, 6.07) is 7.18. The Morgan fingerprint density at radius 1 is 1.19 bits per heavy atom. The van der Waals surface area contributed by atoms with E-state index in [1.165, 1.54) is 37.7 Å². The average Bonchev–Trinajstić information content (AvgIpc) is 3.05. The molecule has 0 saturated heterocycles. The summed E-state index contributed by atoms with van der Waals surface area (Å²) in [7, 11) is 0. The Labute approximate surface area is 98.0 Å². The number of benzene rings is 1. The van der Waals surface area contributed by atoms with Gasteiger partial charge in [0.2, 0.25) is 0 Å². The van der Waals surface area contributed by atoms with E-state index in [-0.39, 0.29) is 6.04 Å². The van der Waals surface area contributed by atoms with E-state index in [0.29, 0.717) is 5.92 Å². The van der Waals surface area contributed by atoms with Gasteiger partial charge in [-0.1, -0.05) is 25.1 Å². The SMILES string of the molecule is CC(C1CC1)C(N)c1ccc2c(c1)CCC2. The second-order valence-corrected chi connectivity index (χ2v) is 5.60. The summed E-state index contributed by atoms with van der Waals surface area (Å²) in [5, 5.41) is 0. The van der Waals surface area contributed by atoms with Crippen molar-refractivity contribution < 1.29 is 0 Å². The van der Waals surface area contributed by atoms with Crippen molar-refractivity contribution in [2.45, 2.75) is 45.1 Å². The Kier molecular flexibility index (Phi) is 2.51. The quantitative estimate of drug-likeness (QED) is 0.823. The number of hydrogen-bond acceptors (Lipinski definition) is 1. The van der Waals surface area contributed by atoms with E-state index in [2.05, 4.69) is 25.1 Å². The molecule has 0 bridgehead atoms. The molecule has 16 heavy (non-hydrogen) atoms. The molecule has 0 aliphatic heterocycles. The summed E-state index contributed by atoms with van der Waals surface area (Å²) < 4.78 is 0. The molecule has 1 saturated carbocycles. The summed E-state index contributed by atoms with van der Waals surface area (Å²) in [6.45, 7) is 2.32. The van der Waals surface area contributed by atoms with Crippen molar-refractivity contribution in [3.05, 3.63) is 34.9 Å². The molecule has 0 aromatic heterocycles. The van der Waals surface area contributed by atoms with Crippen LogP contribution < -0.4 is 5.73 Å². The third-order valence-electron chi connectivity index (χ3n) is 4.44. The lowest BCUT2D eigenvalue weighted by Crippen LogP contribution is -2.20. The summed E-state index contributed by atoms with van der Waals surface area (Å²) in [6.07, 6.45) is 6.63. The van der Waals surface area contributed by atoms with Crippen molar-refractivity contribution in [1.29, 1.82) is 0 Å². The van der Waals surface area contributed by atoms with Gasteiger partial charge in [0.15, 0.2) is 0 Å². The van der Waals surface area contributed by atoms with E-state index < -0.39 is 0 Å². The maximum Gasteiger partial charge on any atom is 0.0323 e. The standard InChI is InChI=1S/C15H21N/c1-10(11-5-6-11)15(16)14-8-7-12-3-2-4-13(12)9-14/h7-11,15H,2-6,16H2,1H3. The first-order valence-electron chi connectivity index (χ1n) is 6.63. The lowest BCUT2D eigenvalue weighted by Gasteiger charge is -2.20. The fourth-order valence-corrected chi connectivity index (χ4v) is 3.02. The van der Waals surface area contributed by atoms with Gasteiger partial charge in [-0.2, -0.15) is 0 Å². The van der Waals surface area contributed by atoms with E-state index in [9.17, 15) is 0 Å². The summed E-state index contributed by atoms with van der Waals surface area (Å²) in [4.78, 5) is 0. The van der Waals surface area contributed by atoms with Crippen LogP contribution in [0.4, 0.5) is 0 Å². The first-order chi connectivity index (χ1) is 7.75. The van der Waals surface area contributed by atoms with Crippen molar-refractivity contribution in [3.8, 4) is 0 Å². The predicted molar refractivity (Wildman–Crippen MR) is 67.3 cm³/mol. The Balaban J connectivity index is 1.82. The fourth-order valence-electron chi connectivity index (χ4n) is 3.02. The van der Waals surface area contributed by atoms with Crippen LogP contribution in [-0.4, -0.2) is 0 Å². The van der Waals surface area contributed by atoms with Gasteiger partial charge in [-0.15, -0.1) is 0 Å². The third-order valence-corrected chi connectivity index (χ3v) is 4.44. The van der Waals surface area contributed by atoms with E-state index >= 15 is 0 Å². The number of rotatable bonds is 3. The molecular weight excluding hydrogens is 194 g/mol. The van der Waals surface area contributed by atoms with Crippen molar-refractivity contribution in [2.24, 2.45) is 17.6 Å². The van der Waals surface area contributed by atoms with Gasteiger partial charge in [0.05, 0.1) is 0 Å². The van der Waals surface area contributed by atoms with Crippen LogP contribution in [0.5, 0.6) is 0 Å². The molecule has 2 aliphatic carbocycles. The van der Waals surface area contributed by atoms with Crippen LogP contribution in [0.1, 0.15) is 48.9 Å². The Hall–Kier alpha value is -0.820. The van der Waals surface area contributed by atoms with Crippen LogP contribution in [0.3, 0.4) is 0 Å². The largest absolute Gasteiger partial charge is 0.324 e. The molecule has 0 amide bonds. The monoisotopic (exact) mass is 215 g/mol. The summed E-state index contributed by atoms with van der Waals surface area (Å²) >= 11 is 0. The number of fused-ring (bicyclic) bond motifs is 1. The number of nitrogens with two attached hydrogens (primary N) is 1.